The molecule has 2 heteroatoms. The zero-order valence-electron chi connectivity index (χ0n) is 11.9. The summed E-state index contributed by atoms with van der Waals surface area (Å²) in [5.41, 5.74) is 2.77. The summed E-state index contributed by atoms with van der Waals surface area (Å²) in [5, 5.41) is 3.63. The van der Waals surface area contributed by atoms with Crippen LogP contribution < -0.4 is 10.1 Å². The second kappa shape index (κ2) is 6.10. The van der Waals surface area contributed by atoms with Crippen LogP contribution in [0.25, 0.3) is 0 Å². The van der Waals surface area contributed by atoms with E-state index in [0.717, 1.165) is 18.9 Å². The molecule has 1 saturated heterocycles. The molecule has 1 aliphatic rings. The average molecular weight is 267 g/mol. The van der Waals surface area contributed by atoms with E-state index in [9.17, 15) is 0 Å². The standard InChI is InChI=1S/C18H21NO/c1-2-20-16-10-8-14(9-11-16)17-12-13-19-18(17)15-6-4-3-5-7-15/h3-11,17-19H,2,12-13H2,1H3. The first-order chi connectivity index (χ1) is 9.88. The predicted molar refractivity (Wildman–Crippen MR) is 82.2 cm³/mol. The highest BCUT2D eigenvalue weighted by Gasteiger charge is 2.29. The lowest BCUT2D eigenvalue weighted by atomic mass is 9.88. The molecule has 1 fully saturated rings. The van der Waals surface area contributed by atoms with Crippen LogP contribution in [-0.2, 0) is 0 Å². The van der Waals surface area contributed by atoms with Crippen LogP contribution in [0, 0.1) is 0 Å². The van der Waals surface area contributed by atoms with Crippen molar-refractivity contribution in [3.8, 4) is 5.75 Å². The van der Waals surface area contributed by atoms with Crippen molar-refractivity contribution in [1.29, 1.82) is 0 Å². The van der Waals surface area contributed by atoms with Gasteiger partial charge in [-0.15, -0.1) is 0 Å². The van der Waals surface area contributed by atoms with Crippen LogP contribution in [0.2, 0.25) is 0 Å². The minimum absolute atomic E-state index is 0.425. The molecule has 2 aromatic rings. The first kappa shape index (κ1) is 13.2. The molecule has 1 heterocycles. The molecule has 104 valence electrons. The second-order valence-electron chi connectivity index (χ2n) is 5.24. The van der Waals surface area contributed by atoms with Crippen LogP contribution in [0.15, 0.2) is 54.6 Å². The number of rotatable bonds is 4. The molecule has 0 saturated carbocycles. The molecule has 1 N–H and O–H groups in total. The van der Waals surface area contributed by atoms with Crippen molar-refractivity contribution in [1.82, 2.24) is 5.32 Å². The molecule has 2 aromatic carbocycles. The lowest BCUT2D eigenvalue weighted by Gasteiger charge is -2.20. The van der Waals surface area contributed by atoms with Crippen molar-refractivity contribution in [2.24, 2.45) is 0 Å². The lowest BCUT2D eigenvalue weighted by Crippen LogP contribution is -2.16. The smallest absolute Gasteiger partial charge is 0.119 e. The maximum atomic E-state index is 5.52. The van der Waals surface area contributed by atoms with Crippen molar-refractivity contribution >= 4 is 0 Å². The van der Waals surface area contributed by atoms with Gasteiger partial charge < -0.3 is 10.1 Å². The maximum Gasteiger partial charge on any atom is 0.119 e. The van der Waals surface area contributed by atoms with E-state index in [2.05, 4.69) is 59.9 Å². The van der Waals surface area contributed by atoms with Crippen LogP contribution in [0.5, 0.6) is 5.75 Å². The maximum absolute atomic E-state index is 5.52. The van der Waals surface area contributed by atoms with Crippen LogP contribution in [-0.4, -0.2) is 13.2 Å². The highest BCUT2D eigenvalue weighted by Crippen LogP contribution is 2.37. The van der Waals surface area contributed by atoms with Gasteiger partial charge in [0.05, 0.1) is 6.61 Å². The summed E-state index contributed by atoms with van der Waals surface area (Å²) < 4.78 is 5.52. The summed E-state index contributed by atoms with van der Waals surface area (Å²) in [4.78, 5) is 0. The highest BCUT2D eigenvalue weighted by molar-refractivity contribution is 5.33. The van der Waals surface area contributed by atoms with E-state index in [1.165, 1.54) is 17.5 Å². The van der Waals surface area contributed by atoms with E-state index in [1.807, 2.05) is 6.92 Å². The van der Waals surface area contributed by atoms with E-state index in [4.69, 9.17) is 4.74 Å². The van der Waals surface area contributed by atoms with Gasteiger partial charge in [0.25, 0.3) is 0 Å². The Morgan fingerprint density at radius 1 is 1.00 bits per heavy atom. The summed E-state index contributed by atoms with van der Waals surface area (Å²) in [6.07, 6.45) is 1.19. The van der Waals surface area contributed by atoms with Crippen molar-refractivity contribution in [2.75, 3.05) is 13.2 Å². The van der Waals surface area contributed by atoms with Gasteiger partial charge in [0, 0.05) is 12.0 Å². The fourth-order valence-corrected chi connectivity index (χ4v) is 3.05. The third-order valence-corrected chi connectivity index (χ3v) is 4.00. The molecule has 2 unspecified atom stereocenters. The van der Waals surface area contributed by atoms with Gasteiger partial charge in [0.2, 0.25) is 0 Å². The Bertz CT molecular complexity index is 535. The van der Waals surface area contributed by atoms with E-state index in [1.54, 1.807) is 0 Å². The molecule has 0 spiro atoms. The Labute approximate surface area is 120 Å². The minimum Gasteiger partial charge on any atom is -0.494 e. The van der Waals surface area contributed by atoms with Crippen molar-refractivity contribution in [3.05, 3.63) is 65.7 Å². The van der Waals surface area contributed by atoms with E-state index < -0.39 is 0 Å². The summed E-state index contributed by atoms with van der Waals surface area (Å²) in [6, 6.07) is 19.7. The molecule has 2 atom stereocenters. The van der Waals surface area contributed by atoms with Gasteiger partial charge in [-0.3, -0.25) is 0 Å². The van der Waals surface area contributed by atoms with Crippen LogP contribution >= 0.6 is 0 Å². The lowest BCUT2D eigenvalue weighted by molar-refractivity contribution is 0.340. The fourth-order valence-electron chi connectivity index (χ4n) is 3.05. The number of benzene rings is 2. The van der Waals surface area contributed by atoms with Crippen LogP contribution in [0.4, 0.5) is 0 Å². The third kappa shape index (κ3) is 2.70. The van der Waals surface area contributed by atoms with Gasteiger partial charge in [0.1, 0.15) is 5.75 Å². The van der Waals surface area contributed by atoms with Crippen molar-refractivity contribution in [3.63, 3.8) is 0 Å². The minimum atomic E-state index is 0.425. The van der Waals surface area contributed by atoms with E-state index >= 15 is 0 Å². The van der Waals surface area contributed by atoms with Crippen LogP contribution in [0.1, 0.15) is 36.4 Å². The summed E-state index contributed by atoms with van der Waals surface area (Å²) >= 11 is 0. The first-order valence-corrected chi connectivity index (χ1v) is 7.39. The van der Waals surface area contributed by atoms with Gasteiger partial charge in [-0.25, -0.2) is 0 Å². The second-order valence-corrected chi connectivity index (χ2v) is 5.24. The topological polar surface area (TPSA) is 21.3 Å². The largest absolute Gasteiger partial charge is 0.494 e. The van der Waals surface area contributed by atoms with Gasteiger partial charge in [-0.2, -0.15) is 0 Å². The number of hydrogen-bond acceptors (Lipinski definition) is 2. The Morgan fingerprint density at radius 3 is 2.45 bits per heavy atom. The average Bonchev–Trinajstić information content (AvgIpc) is 2.99. The highest BCUT2D eigenvalue weighted by atomic mass is 16.5. The van der Waals surface area contributed by atoms with E-state index in [-0.39, 0.29) is 0 Å². The normalized spacial score (nSPS) is 21.9. The van der Waals surface area contributed by atoms with Gasteiger partial charge in [0.15, 0.2) is 0 Å². The Hall–Kier alpha value is -1.80. The quantitative estimate of drug-likeness (QED) is 0.907. The predicted octanol–water partition coefficient (Wildman–Crippen LogP) is 3.90. The molecule has 0 aromatic heterocycles. The van der Waals surface area contributed by atoms with Crippen LogP contribution in [0.3, 0.4) is 0 Å². The molecule has 0 bridgehead atoms. The summed E-state index contributed by atoms with van der Waals surface area (Å²) in [5.74, 6) is 1.51. The van der Waals surface area contributed by atoms with Gasteiger partial charge in [-0.05, 0) is 43.1 Å². The number of ether oxygens (including phenoxy) is 1. The molecule has 0 aliphatic carbocycles. The third-order valence-electron chi connectivity index (χ3n) is 4.00. The number of hydrogen-bond donors (Lipinski definition) is 1. The summed E-state index contributed by atoms with van der Waals surface area (Å²) in [6.45, 7) is 3.81. The van der Waals surface area contributed by atoms with Crippen molar-refractivity contribution in [2.45, 2.75) is 25.3 Å². The Kier molecular flexibility index (Phi) is 4.03. The molecular formula is C18H21NO. The molecule has 0 radical (unpaired) electrons. The SMILES string of the molecule is CCOc1ccc(C2CCNC2c2ccccc2)cc1. The van der Waals surface area contributed by atoms with Gasteiger partial charge >= 0.3 is 0 Å². The molecule has 20 heavy (non-hydrogen) atoms. The number of nitrogens with one attached hydrogen (secondary N) is 1. The Balaban J connectivity index is 1.81. The van der Waals surface area contributed by atoms with Crippen molar-refractivity contribution < 1.29 is 4.74 Å². The zero-order valence-corrected chi connectivity index (χ0v) is 11.9. The molecule has 1 aliphatic heterocycles. The Morgan fingerprint density at radius 2 is 1.75 bits per heavy atom. The van der Waals surface area contributed by atoms with Gasteiger partial charge in [-0.1, -0.05) is 42.5 Å². The molecular weight excluding hydrogens is 246 g/mol. The summed E-state index contributed by atoms with van der Waals surface area (Å²) in [7, 11) is 0. The zero-order chi connectivity index (χ0) is 13.8. The monoisotopic (exact) mass is 267 g/mol. The fraction of sp³-hybridized carbons (Fsp3) is 0.333. The van der Waals surface area contributed by atoms with E-state index in [0.29, 0.717) is 12.0 Å². The molecule has 2 nitrogen and oxygen atoms in total. The molecule has 0 amide bonds. The first-order valence-electron chi connectivity index (χ1n) is 7.39. The molecule has 3 rings (SSSR count).